The Balaban J connectivity index is 1.71. The maximum absolute atomic E-state index is 13.6. The van der Waals surface area contributed by atoms with E-state index in [1.807, 2.05) is 0 Å². The summed E-state index contributed by atoms with van der Waals surface area (Å²) in [6.07, 6.45) is 4.45. The van der Waals surface area contributed by atoms with Crippen molar-refractivity contribution in [1.82, 2.24) is 0 Å². The Morgan fingerprint density at radius 3 is 2.78 bits per heavy atom. The zero-order valence-corrected chi connectivity index (χ0v) is 10.1. The van der Waals surface area contributed by atoms with E-state index in [0.717, 1.165) is 25.3 Å². The first kappa shape index (κ1) is 11.5. The molecule has 0 saturated heterocycles. The Bertz CT molecular complexity index is 489. The molecule has 0 spiro atoms. The molecular formula is C14H16FNO2. The molecule has 3 rings (SSSR count). The summed E-state index contributed by atoms with van der Waals surface area (Å²) in [5.74, 6) is 0.00747. The molecule has 18 heavy (non-hydrogen) atoms. The van der Waals surface area contributed by atoms with Gasteiger partial charge in [0.15, 0.2) is 0 Å². The van der Waals surface area contributed by atoms with Crippen molar-refractivity contribution in [2.24, 2.45) is 11.8 Å². The highest BCUT2D eigenvalue weighted by atomic mass is 19.1. The van der Waals surface area contributed by atoms with Crippen molar-refractivity contribution in [3.63, 3.8) is 0 Å². The second-order valence-corrected chi connectivity index (χ2v) is 5.36. The van der Waals surface area contributed by atoms with Crippen LogP contribution >= 0.6 is 0 Å². The van der Waals surface area contributed by atoms with E-state index < -0.39 is 11.8 Å². The molecule has 2 bridgehead atoms. The van der Waals surface area contributed by atoms with E-state index in [1.165, 1.54) is 18.6 Å². The van der Waals surface area contributed by atoms with Crippen LogP contribution in [0.3, 0.4) is 0 Å². The molecule has 1 aromatic carbocycles. The van der Waals surface area contributed by atoms with Crippen molar-refractivity contribution < 1.29 is 13.9 Å². The number of anilines is 1. The molecule has 2 N–H and O–H groups in total. The van der Waals surface area contributed by atoms with E-state index in [1.54, 1.807) is 0 Å². The molecule has 0 amide bonds. The van der Waals surface area contributed by atoms with Crippen LogP contribution in [-0.4, -0.2) is 12.1 Å². The van der Waals surface area contributed by atoms with Gasteiger partial charge < -0.3 is 10.5 Å². The number of hydrogen-bond acceptors (Lipinski definition) is 3. The highest BCUT2D eigenvalue weighted by molar-refractivity contribution is 5.90. The average Bonchev–Trinajstić information content (AvgIpc) is 2.90. The Morgan fingerprint density at radius 2 is 2.17 bits per heavy atom. The summed E-state index contributed by atoms with van der Waals surface area (Å²) in [7, 11) is 0. The number of nitrogens with two attached hydrogens (primary N) is 1. The van der Waals surface area contributed by atoms with Gasteiger partial charge in [-0.1, -0.05) is 0 Å². The minimum atomic E-state index is -0.608. The number of esters is 1. The largest absolute Gasteiger partial charge is 0.458 e. The molecule has 0 radical (unpaired) electrons. The first-order chi connectivity index (χ1) is 8.63. The molecular weight excluding hydrogens is 233 g/mol. The van der Waals surface area contributed by atoms with Crippen LogP contribution in [0.4, 0.5) is 10.1 Å². The van der Waals surface area contributed by atoms with E-state index in [2.05, 4.69) is 0 Å². The highest BCUT2D eigenvalue weighted by Crippen LogP contribution is 2.46. The van der Waals surface area contributed by atoms with Crippen molar-refractivity contribution in [3.8, 4) is 0 Å². The molecule has 2 saturated carbocycles. The Labute approximate surface area is 105 Å². The molecule has 2 fully saturated rings. The summed E-state index contributed by atoms with van der Waals surface area (Å²) in [6, 6.07) is 4.05. The molecule has 0 aliphatic heterocycles. The fourth-order valence-electron chi connectivity index (χ4n) is 3.23. The van der Waals surface area contributed by atoms with Crippen LogP contribution < -0.4 is 5.73 Å². The Hall–Kier alpha value is -1.58. The van der Waals surface area contributed by atoms with Gasteiger partial charge in [-0.05, 0) is 55.7 Å². The molecule has 3 unspecified atom stereocenters. The van der Waals surface area contributed by atoms with Crippen LogP contribution in [0, 0.1) is 17.7 Å². The molecule has 0 heterocycles. The smallest absolute Gasteiger partial charge is 0.341 e. The monoisotopic (exact) mass is 249 g/mol. The lowest BCUT2D eigenvalue weighted by Gasteiger charge is -2.22. The number of ether oxygens (including phenoxy) is 1. The minimum Gasteiger partial charge on any atom is -0.458 e. The lowest BCUT2D eigenvalue weighted by Crippen LogP contribution is -2.24. The van der Waals surface area contributed by atoms with Crippen LogP contribution in [0.5, 0.6) is 0 Å². The number of carbonyl (C=O) groups excluding carboxylic acids is 1. The lowest BCUT2D eigenvalue weighted by molar-refractivity contribution is 0.0154. The third kappa shape index (κ3) is 1.96. The van der Waals surface area contributed by atoms with Crippen LogP contribution in [0.15, 0.2) is 18.2 Å². The maximum atomic E-state index is 13.6. The molecule has 4 heteroatoms. The Kier molecular flexibility index (Phi) is 2.73. The zero-order chi connectivity index (χ0) is 12.7. The van der Waals surface area contributed by atoms with Gasteiger partial charge in [0, 0.05) is 5.69 Å². The molecule has 2 aliphatic rings. The second kappa shape index (κ2) is 4.26. The second-order valence-electron chi connectivity index (χ2n) is 5.36. The summed E-state index contributed by atoms with van der Waals surface area (Å²) < 4.78 is 19.0. The van der Waals surface area contributed by atoms with Crippen molar-refractivity contribution >= 4 is 11.7 Å². The van der Waals surface area contributed by atoms with Crippen molar-refractivity contribution in [2.45, 2.75) is 31.8 Å². The number of hydrogen-bond donors (Lipinski definition) is 1. The van der Waals surface area contributed by atoms with Gasteiger partial charge in [0.25, 0.3) is 0 Å². The van der Waals surface area contributed by atoms with E-state index in [0.29, 0.717) is 17.5 Å². The van der Waals surface area contributed by atoms with Crippen LogP contribution in [0.2, 0.25) is 0 Å². The molecule has 96 valence electrons. The topological polar surface area (TPSA) is 52.3 Å². The van der Waals surface area contributed by atoms with E-state index >= 15 is 0 Å². The number of fused-ring (bicyclic) bond motifs is 2. The number of benzene rings is 1. The van der Waals surface area contributed by atoms with Gasteiger partial charge in [0.1, 0.15) is 11.9 Å². The van der Waals surface area contributed by atoms with Gasteiger partial charge in [-0.2, -0.15) is 0 Å². The number of halogens is 1. The maximum Gasteiger partial charge on any atom is 0.341 e. The van der Waals surface area contributed by atoms with Crippen molar-refractivity contribution in [1.29, 1.82) is 0 Å². The van der Waals surface area contributed by atoms with Gasteiger partial charge in [0.05, 0.1) is 5.56 Å². The molecule has 0 aromatic heterocycles. The summed E-state index contributed by atoms with van der Waals surface area (Å²) in [5.41, 5.74) is 5.74. The SMILES string of the molecule is Nc1ccc(C(=O)OC2CC3CCC2C3)c(F)c1. The predicted octanol–water partition coefficient (Wildman–Crippen LogP) is 2.75. The van der Waals surface area contributed by atoms with Gasteiger partial charge in [0.2, 0.25) is 0 Å². The molecule has 1 aromatic rings. The standard InChI is InChI=1S/C14H16FNO2/c15-12-7-10(16)3-4-11(12)14(17)18-13-6-8-1-2-9(13)5-8/h3-4,7-9,13H,1-2,5-6,16H2. The predicted molar refractivity (Wildman–Crippen MR) is 65.5 cm³/mol. The summed E-state index contributed by atoms with van der Waals surface area (Å²) in [5, 5.41) is 0. The van der Waals surface area contributed by atoms with Gasteiger partial charge >= 0.3 is 5.97 Å². The van der Waals surface area contributed by atoms with Crippen LogP contribution in [-0.2, 0) is 4.74 Å². The van der Waals surface area contributed by atoms with Crippen LogP contribution in [0.1, 0.15) is 36.0 Å². The lowest BCUT2D eigenvalue weighted by atomic mass is 9.98. The number of rotatable bonds is 2. The van der Waals surface area contributed by atoms with E-state index in [9.17, 15) is 9.18 Å². The minimum absolute atomic E-state index is 0.0202. The molecule has 2 aliphatic carbocycles. The first-order valence-corrected chi connectivity index (χ1v) is 6.39. The Morgan fingerprint density at radius 1 is 1.33 bits per heavy atom. The van der Waals surface area contributed by atoms with Gasteiger partial charge in [-0.15, -0.1) is 0 Å². The zero-order valence-electron chi connectivity index (χ0n) is 10.1. The normalized spacial score (nSPS) is 29.5. The fourth-order valence-corrected chi connectivity index (χ4v) is 3.23. The van der Waals surface area contributed by atoms with E-state index in [-0.39, 0.29) is 11.7 Å². The van der Waals surface area contributed by atoms with Crippen molar-refractivity contribution in [2.75, 3.05) is 5.73 Å². The number of carbonyl (C=O) groups is 1. The molecule has 3 atom stereocenters. The van der Waals surface area contributed by atoms with Gasteiger partial charge in [-0.25, -0.2) is 9.18 Å². The van der Waals surface area contributed by atoms with E-state index in [4.69, 9.17) is 10.5 Å². The fraction of sp³-hybridized carbons (Fsp3) is 0.500. The summed E-state index contributed by atoms with van der Waals surface area (Å²) in [6.45, 7) is 0. The number of nitrogen functional groups attached to an aromatic ring is 1. The average molecular weight is 249 g/mol. The van der Waals surface area contributed by atoms with Gasteiger partial charge in [-0.3, -0.25) is 0 Å². The summed E-state index contributed by atoms with van der Waals surface area (Å²) >= 11 is 0. The third-order valence-corrected chi connectivity index (χ3v) is 4.14. The first-order valence-electron chi connectivity index (χ1n) is 6.39. The van der Waals surface area contributed by atoms with Crippen molar-refractivity contribution in [3.05, 3.63) is 29.6 Å². The summed E-state index contributed by atoms with van der Waals surface area (Å²) in [4.78, 5) is 11.9. The quantitative estimate of drug-likeness (QED) is 0.647. The van der Waals surface area contributed by atoms with Crippen LogP contribution in [0.25, 0.3) is 0 Å². The highest BCUT2D eigenvalue weighted by Gasteiger charge is 2.41. The third-order valence-electron chi connectivity index (χ3n) is 4.14. The molecule has 3 nitrogen and oxygen atoms in total.